The molecule has 6 nitrogen and oxygen atoms in total. The predicted octanol–water partition coefficient (Wildman–Crippen LogP) is 3.85. The quantitative estimate of drug-likeness (QED) is 0.738. The number of nitrogens with zero attached hydrogens (tertiary/aromatic N) is 1. The van der Waals surface area contributed by atoms with Crippen molar-refractivity contribution < 1.29 is 18.0 Å². The van der Waals surface area contributed by atoms with E-state index in [1.54, 1.807) is 24.3 Å². The first-order valence-electron chi connectivity index (χ1n) is 6.25. The first kappa shape index (κ1) is 14.0. The van der Waals surface area contributed by atoms with Crippen LogP contribution in [0, 0.1) is 11.3 Å². The Morgan fingerprint density at radius 3 is 2.45 bits per heavy atom. The van der Waals surface area contributed by atoms with Gasteiger partial charge in [0.05, 0.1) is 18.1 Å². The van der Waals surface area contributed by atoms with E-state index < -0.39 is 5.91 Å². The van der Waals surface area contributed by atoms with Gasteiger partial charge in [0.25, 0.3) is 0 Å². The van der Waals surface area contributed by atoms with Crippen molar-refractivity contribution in [1.29, 1.82) is 5.26 Å². The van der Waals surface area contributed by atoms with Crippen LogP contribution in [0.5, 0.6) is 0 Å². The van der Waals surface area contributed by atoms with Crippen LogP contribution >= 0.6 is 11.6 Å². The van der Waals surface area contributed by atoms with Crippen molar-refractivity contribution in [2.24, 2.45) is 0 Å². The van der Waals surface area contributed by atoms with Crippen LogP contribution in [0.15, 0.2) is 50.0 Å². The largest absolute Gasteiger partial charge is 0.464 e. The molecule has 0 saturated heterocycles. The maximum absolute atomic E-state index is 11.5. The highest BCUT2D eigenvalue weighted by Gasteiger charge is 2.26. The van der Waals surface area contributed by atoms with Gasteiger partial charge in [-0.05, 0) is 24.3 Å². The molecule has 3 aromatic rings. The van der Waals surface area contributed by atoms with Gasteiger partial charge in [0, 0.05) is 0 Å². The molecule has 3 heterocycles. The fourth-order valence-corrected chi connectivity index (χ4v) is 2.09. The number of alkyl halides is 1. The van der Waals surface area contributed by atoms with E-state index in [4.69, 9.17) is 24.9 Å². The van der Waals surface area contributed by atoms with Gasteiger partial charge in [-0.15, -0.1) is 11.6 Å². The Bertz CT molecular complexity index is 826. The number of furan rings is 3. The van der Waals surface area contributed by atoms with E-state index in [9.17, 15) is 10.1 Å². The monoisotopic (exact) mass is 316 g/mol. The Balaban J connectivity index is 2.21. The average molecular weight is 317 g/mol. The highest BCUT2D eigenvalue weighted by atomic mass is 35.5. The summed E-state index contributed by atoms with van der Waals surface area (Å²) in [5, 5.41) is 11.9. The molecule has 3 rings (SSSR count). The Morgan fingerprint density at radius 2 is 1.91 bits per heavy atom. The minimum atomic E-state index is -0.482. The van der Waals surface area contributed by atoms with Gasteiger partial charge in [-0.1, -0.05) is 0 Å². The zero-order valence-corrected chi connectivity index (χ0v) is 11.9. The van der Waals surface area contributed by atoms with E-state index in [2.05, 4.69) is 5.32 Å². The summed E-state index contributed by atoms with van der Waals surface area (Å²) >= 11 is 5.47. The van der Waals surface area contributed by atoms with E-state index >= 15 is 0 Å². The molecule has 0 atom stereocenters. The van der Waals surface area contributed by atoms with E-state index in [0.29, 0.717) is 22.8 Å². The normalized spacial score (nSPS) is 10.4. The molecule has 22 heavy (non-hydrogen) atoms. The van der Waals surface area contributed by atoms with Crippen molar-refractivity contribution in [3.8, 4) is 28.9 Å². The summed E-state index contributed by atoms with van der Waals surface area (Å²) in [5.74, 6) is 0.404. The lowest BCUT2D eigenvalue weighted by atomic mass is 10.1. The number of rotatable bonds is 4. The Labute approximate surface area is 129 Å². The molecule has 0 spiro atoms. The smallest absolute Gasteiger partial charge is 0.241 e. The van der Waals surface area contributed by atoms with Crippen molar-refractivity contribution >= 4 is 23.4 Å². The highest BCUT2D eigenvalue weighted by Crippen LogP contribution is 2.41. The zero-order valence-electron chi connectivity index (χ0n) is 11.1. The minimum absolute atomic E-state index is 0.00551. The summed E-state index contributed by atoms with van der Waals surface area (Å²) in [6.07, 6.45) is 2.96. The minimum Gasteiger partial charge on any atom is -0.464 e. The lowest BCUT2D eigenvalue weighted by molar-refractivity contribution is -0.114. The standard InChI is InChI=1S/C15H9ClN2O4/c16-7-12(19)18-15-9(8-17)13(10-3-1-5-20-10)14(22-15)11-4-2-6-21-11/h1-6H,7H2,(H,18,19). The SMILES string of the molecule is N#Cc1c(NC(=O)CCl)oc(-c2ccco2)c1-c1ccco1. The summed E-state index contributed by atoms with van der Waals surface area (Å²) < 4.78 is 16.3. The van der Waals surface area contributed by atoms with Crippen LogP contribution in [-0.2, 0) is 4.79 Å². The van der Waals surface area contributed by atoms with Gasteiger partial charge in [0.1, 0.15) is 23.3 Å². The molecule has 0 aliphatic carbocycles. The van der Waals surface area contributed by atoms with Crippen molar-refractivity contribution in [3.63, 3.8) is 0 Å². The number of carbonyl (C=O) groups excluding carboxylic acids is 1. The predicted molar refractivity (Wildman–Crippen MR) is 78.2 cm³/mol. The Kier molecular flexibility index (Phi) is 3.73. The van der Waals surface area contributed by atoms with Gasteiger partial charge >= 0.3 is 0 Å². The first-order valence-corrected chi connectivity index (χ1v) is 6.78. The third-order valence-corrected chi connectivity index (χ3v) is 3.15. The van der Waals surface area contributed by atoms with Crippen molar-refractivity contribution in [1.82, 2.24) is 0 Å². The van der Waals surface area contributed by atoms with Crippen molar-refractivity contribution in [3.05, 3.63) is 42.4 Å². The molecule has 110 valence electrons. The highest BCUT2D eigenvalue weighted by molar-refractivity contribution is 6.29. The van der Waals surface area contributed by atoms with Crippen LogP contribution in [0.3, 0.4) is 0 Å². The van der Waals surface area contributed by atoms with E-state index in [-0.39, 0.29) is 17.3 Å². The summed E-state index contributed by atoms with van der Waals surface area (Å²) in [4.78, 5) is 11.5. The molecular formula is C15H9ClN2O4. The second kappa shape index (κ2) is 5.84. The first-order chi connectivity index (χ1) is 10.7. The topological polar surface area (TPSA) is 92.3 Å². The summed E-state index contributed by atoms with van der Waals surface area (Å²) in [6, 6.07) is 8.75. The lowest BCUT2D eigenvalue weighted by Crippen LogP contribution is -2.12. The van der Waals surface area contributed by atoms with Crippen LogP contribution in [0.25, 0.3) is 22.8 Å². The maximum Gasteiger partial charge on any atom is 0.241 e. The van der Waals surface area contributed by atoms with E-state index in [1.165, 1.54) is 12.5 Å². The summed E-state index contributed by atoms with van der Waals surface area (Å²) in [7, 11) is 0. The van der Waals surface area contributed by atoms with Crippen LogP contribution in [0.2, 0.25) is 0 Å². The Morgan fingerprint density at radius 1 is 1.23 bits per heavy atom. The number of hydrogen-bond acceptors (Lipinski definition) is 5. The molecule has 0 aliphatic heterocycles. The van der Waals surface area contributed by atoms with Crippen LogP contribution in [0.1, 0.15) is 5.56 Å². The average Bonchev–Trinajstić information content (AvgIpc) is 3.26. The maximum atomic E-state index is 11.5. The molecule has 7 heteroatoms. The second-order valence-corrected chi connectivity index (χ2v) is 4.53. The number of halogens is 1. The molecule has 0 saturated carbocycles. The number of anilines is 1. The lowest BCUT2D eigenvalue weighted by Gasteiger charge is -1.97. The number of nitriles is 1. The van der Waals surface area contributed by atoms with E-state index in [0.717, 1.165) is 0 Å². The number of nitrogens with one attached hydrogen (secondary N) is 1. The van der Waals surface area contributed by atoms with Gasteiger partial charge in [0.15, 0.2) is 11.5 Å². The van der Waals surface area contributed by atoms with Gasteiger partial charge in [-0.25, -0.2) is 0 Å². The molecule has 0 unspecified atom stereocenters. The molecule has 1 N–H and O–H groups in total. The molecule has 3 aromatic heterocycles. The van der Waals surface area contributed by atoms with Crippen molar-refractivity contribution in [2.45, 2.75) is 0 Å². The number of hydrogen-bond donors (Lipinski definition) is 1. The molecule has 0 bridgehead atoms. The van der Waals surface area contributed by atoms with E-state index in [1.807, 2.05) is 6.07 Å². The second-order valence-electron chi connectivity index (χ2n) is 4.26. The molecular weight excluding hydrogens is 308 g/mol. The van der Waals surface area contributed by atoms with Crippen LogP contribution in [-0.4, -0.2) is 11.8 Å². The van der Waals surface area contributed by atoms with Gasteiger partial charge < -0.3 is 13.3 Å². The van der Waals surface area contributed by atoms with Gasteiger partial charge in [-0.2, -0.15) is 5.26 Å². The fourth-order valence-electron chi connectivity index (χ4n) is 2.02. The summed E-state index contributed by atoms with van der Waals surface area (Å²) in [6.45, 7) is 0. The number of amides is 1. The van der Waals surface area contributed by atoms with Gasteiger partial charge in [0.2, 0.25) is 11.8 Å². The molecule has 0 fully saturated rings. The van der Waals surface area contributed by atoms with Gasteiger partial charge in [-0.3, -0.25) is 10.1 Å². The Hall–Kier alpha value is -2.91. The third-order valence-electron chi connectivity index (χ3n) is 2.91. The van der Waals surface area contributed by atoms with Crippen molar-refractivity contribution in [2.75, 3.05) is 11.2 Å². The zero-order chi connectivity index (χ0) is 15.5. The van der Waals surface area contributed by atoms with Crippen LogP contribution in [0.4, 0.5) is 5.88 Å². The summed E-state index contributed by atoms with van der Waals surface area (Å²) in [5.41, 5.74) is 0.548. The third kappa shape index (κ3) is 2.38. The molecule has 1 amide bonds. The number of carbonyl (C=O) groups is 1. The molecule has 0 aromatic carbocycles. The fraction of sp³-hybridized carbons (Fsp3) is 0.0667. The van der Waals surface area contributed by atoms with Crippen LogP contribution < -0.4 is 5.32 Å². The molecule has 0 radical (unpaired) electrons. The molecule has 0 aliphatic rings.